The Bertz CT molecular complexity index is 1060. The zero-order valence-corrected chi connectivity index (χ0v) is 17.6. The molecule has 7 heteroatoms. The summed E-state index contributed by atoms with van der Waals surface area (Å²) in [7, 11) is 0. The number of nitrogens with one attached hydrogen (secondary N) is 2. The summed E-state index contributed by atoms with van der Waals surface area (Å²) in [6, 6.07) is 20.4. The van der Waals surface area contributed by atoms with E-state index in [1.54, 1.807) is 6.07 Å². The zero-order valence-electron chi connectivity index (χ0n) is 17.6. The van der Waals surface area contributed by atoms with Gasteiger partial charge in [0, 0.05) is 29.2 Å². The third-order valence-corrected chi connectivity index (χ3v) is 4.80. The maximum Gasteiger partial charge on any atom is 0.325 e. The summed E-state index contributed by atoms with van der Waals surface area (Å²) in [5.74, 6) is -0.975. The summed E-state index contributed by atoms with van der Waals surface area (Å²) in [6.45, 7) is 3.41. The van der Waals surface area contributed by atoms with E-state index in [4.69, 9.17) is 4.74 Å². The Labute approximate surface area is 181 Å². The number of amides is 2. The van der Waals surface area contributed by atoms with Gasteiger partial charge in [-0.25, -0.2) is 4.79 Å². The van der Waals surface area contributed by atoms with E-state index in [-0.39, 0.29) is 18.9 Å². The number of rotatable bonds is 8. The van der Waals surface area contributed by atoms with Gasteiger partial charge in [0.25, 0.3) is 0 Å². The number of esters is 1. The molecule has 7 nitrogen and oxygen atoms in total. The number of hydrogen-bond acceptors (Lipinski definition) is 4. The van der Waals surface area contributed by atoms with Gasteiger partial charge in [-0.1, -0.05) is 48.5 Å². The van der Waals surface area contributed by atoms with E-state index in [9.17, 15) is 14.4 Å². The Hall–Kier alpha value is -3.87. The Balaban J connectivity index is 1.47. The number of Topliss-reactive ketones (excluding diaryl/α,β-unsaturated/α-hetero) is 1. The quantitative estimate of drug-likeness (QED) is 0.433. The molecule has 3 aromatic rings. The van der Waals surface area contributed by atoms with Crippen molar-refractivity contribution in [3.63, 3.8) is 0 Å². The number of nitrogens with zero attached hydrogens (tertiary/aromatic N) is 1. The molecule has 160 valence electrons. The lowest BCUT2D eigenvalue weighted by Gasteiger charge is -2.10. The first-order chi connectivity index (χ1) is 15.0. The van der Waals surface area contributed by atoms with Gasteiger partial charge in [-0.2, -0.15) is 0 Å². The number of carbonyl (C=O) groups excluding carboxylic acids is 3. The van der Waals surface area contributed by atoms with Crippen LogP contribution in [-0.4, -0.2) is 35.5 Å². The summed E-state index contributed by atoms with van der Waals surface area (Å²) in [6.07, 6.45) is 0. The van der Waals surface area contributed by atoms with E-state index < -0.39 is 12.0 Å². The number of ether oxygens (including phenoxy) is 1. The van der Waals surface area contributed by atoms with Gasteiger partial charge >= 0.3 is 12.0 Å². The molecule has 2 aromatic carbocycles. The lowest BCUT2D eigenvalue weighted by molar-refractivity contribution is -0.141. The average Bonchev–Trinajstić information content (AvgIpc) is 3.09. The van der Waals surface area contributed by atoms with Crippen LogP contribution in [0.4, 0.5) is 4.79 Å². The first kappa shape index (κ1) is 21.8. The summed E-state index contributed by atoms with van der Waals surface area (Å²) < 4.78 is 7.02. The molecule has 1 aromatic heterocycles. The molecule has 0 saturated carbocycles. The van der Waals surface area contributed by atoms with Crippen LogP contribution in [0.5, 0.6) is 0 Å². The summed E-state index contributed by atoms with van der Waals surface area (Å²) >= 11 is 0. The molecule has 31 heavy (non-hydrogen) atoms. The van der Waals surface area contributed by atoms with E-state index in [0.717, 1.165) is 22.6 Å². The number of urea groups is 1. The molecule has 0 saturated heterocycles. The van der Waals surface area contributed by atoms with Gasteiger partial charge in [0.15, 0.2) is 6.61 Å². The molecule has 3 rings (SSSR count). The number of benzene rings is 2. The van der Waals surface area contributed by atoms with Crippen LogP contribution in [0.1, 0.15) is 27.3 Å². The highest BCUT2D eigenvalue weighted by Crippen LogP contribution is 2.21. The smallest absolute Gasteiger partial charge is 0.325 e. The molecule has 0 fully saturated rings. The van der Waals surface area contributed by atoms with Gasteiger partial charge in [-0.3, -0.25) is 9.59 Å². The number of aromatic nitrogens is 1. The molecule has 0 spiro atoms. The summed E-state index contributed by atoms with van der Waals surface area (Å²) in [5.41, 5.74) is 4.10. The average molecular weight is 419 g/mol. The highest BCUT2D eigenvalue weighted by molar-refractivity contribution is 5.99. The number of para-hydroxylation sites is 1. The lowest BCUT2D eigenvalue weighted by atomic mass is 10.1. The van der Waals surface area contributed by atoms with E-state index in [2.05, 4.69) is 10.6 Å². The van der Waals surface area contributed by atoms with Crippen LogP contribution in [0.15, 0.2) is 66.7 Å². The van der Waals surface area contributed by atoms with Gasteiger partial charge in [-0.15, -0.1) is 0 Å². The highest BCUT2D eigenvalue weighted by atomic mass is 16.5. The van der Waals surface area contributed by atoms with Crippen molar-refractivity contribution in [3.05, 3.63) is 89.2 Å². The molecule has 0 unspecified atom stereocenters. The normalized spacial score (nSPS) is 10.4. The minimum Gasteiger partial charge on any atom is -0.456 e. The predicted molar refractivity (Wildman–Crippen MR) is 117 cm³/mol. The molecule has 2 N–H and O–H groups in total. The van der Waals surface area contributed by atoms with Gasteiger partial charge in [0.05, 0.1) is 0 Å². The topological polar surface area (TPSA) is 89.4 Å². The summed E-state index contributed by atoms with van der Waals surface area (Å²) in [4.78, 5) is 36.3. The Morgan fingerprint density at radius 2 is 1.55 bits per heavy atom. The lowest BCUT2D eigenvalue weighted by Crippen LogP contribution is -2.38. The zero-order chi connectivity index (χ0) is 22.2. The molecule has 0 bridgehead atoms. The maximum atomic E-state index is 12.6. The second-order valence-corrected chi connectivity index (χ2v) is 7.06. The number of carbonyl (C=O) groups is 3. The maximum absolute atomic E-state index is 12.6. The van der Waals surface area contributed by atoms with Crippen LogP contribution in [0.2, 0.25) is 0 Å². The molecular formula is C24H25N3O4. The van der Waals surface area contributed by atoms with Crippen molar-refractivity contribution in [1.29, 1.82) is 0 Å². The fourth-order valence-corrected chi connectivity index (χ4v) is 3.29. The van der Waals surface area contributed by atoms with Gasteiger partial charge in [-0.05, 0) is 37.6 Å². The standard InChI is InChI=1S/C24H25N3O4/c1-17-13-21(18(2)27(17)20-11-7-4-8-12-20)22(28)16-31-23(29)15-26-24(30)25-14-19-9-5-3-6-10-19/h3-13H,14-16H2,1-2H3,(H2,25,26,30). The Morgan fingerprint density at radius 3 is 2.23 bits per heavy atom. The van der Waals surface area contributed by atoms with Crippen molar-refractivity contribution in [2.45, 2.75) is 20.4 Å². The first-order valence-electron chi connectivity index (χ1n) is 9.94. The van der Waals surface area contributed by atoms with Crippen LogP contribution in [-0.2, 0) is 16.1 Å². The predicted octanol–water partition coefficient (Wildman–Crippen LogP) is 3.32. The van der Waals surface area contributed by atoms with E-state index >= 15 is 0 Å². The number of ketones is 1. The van der Waals surface area contributed by atoms with Crippen molar-refractivity contribution in [2.24, 2.45) is 0 Å². The van der Waals surface area contributed by atoms with Gasteiger partial charge in [0.2, 0.25) is 5.78 Å². The van der Waals surface area contributed by atoms with E-state index in [0.29, 0.717) is 12.1 Å². The summed E-state index contributed by atoms with van der Waals surface area (Å²) in [5, 5.41) is 5.07. The van der Waals surface area contributed by atoms with Crippen molar-refractivity contribution in [3.8, 4) is 5.69 Å². The molecular weight excluding hydrogens is 394 g/mol. The van der Waals surface area contributed by atoms with Crippen LogP contribution in [0, 0.1) is 13.8 Å². The molecule has 0 atom stereocenters. The second-order valence-electron chi connectivity index (χ2n) is 7.06. The fourth-order valence-electron chi connectivity index (χ4n) is 3.29. The number of aryl methyl sites for hydroxylation is 1. The monoisotopic (exact) mass is 419 g/mol. The minimum absolute atomic E-state index is 0.294. The first-order valence-corrected chi connectivity index (χ1v) is 9.94. The molecule has 0 aliphatic carbocycles. The van der Waals surface area contributed by atoms with Crippen LogP contribution < -0.4 is 10.6 Å². The van der Waals surface area contributed by atoms with Gasteiger partial charge in [0.1, 0.15) is 6.54 Å². The Morgan fingerprint density at radius 1 is 0.903 bits per heavy atom. The van der Waals surface area contributed by atoms with Crippen molar-refractivity contribution >= 4 is 17.8 Å². The second kappa shape index (κ2) is 10.2. The highest BCUT2D eigenvalue weighted by Gasteiger charge is 2.18. The molecule has 0 radical (unpaired) electrons. The largest absolute Gasteiger partial charge is 0.456 e. The van der Waals surface area contributed by atoms with E-state index in [1.165, 1.54) is 0 Å². The molecule has 0 aliphatic heterocycles. The molecule has 2 amide bonds. The van der Waals surface area contributed by atoms with E-state index in [1.807, 2.05) is 79.1 Å². The van der Waals surface area contributed by atoms with Crippen LogP contribution in [0.25, 0.3) is 5.69 Å². The molecule has 0 aliphatic rings. The van der Waals surface area contributed by atoms with Crippen molar-refractivity contribution in [2.75, 3.05) is 13.2 Å². The third kappa shape index (κ3) is 5.82. The third-order valence-electron chi connectivity index (χ3n) is 4.80. The van der Waals surface area contributed by atoms with Crippen molar-refractivity contribution < 1.29 is 19.1 Å². The molecule has 1 heterocycles. The fraction of sp³-hybridized carbons (Fsp3) is 0.208. The van der Waals surface area contributed by atoms with Crippen LogP contribution >= 0.6 is 0 Å². The van der Waals surface area contributed by atoms with Crippen molar-refractivity contribution in [1.82, 2.24) is 15.2 Å². The Kier molecular flexibility index (Phi) is 7.22. The number of hydrogen-bond donors (Lipinski definition) is 2. The van der Waals surface area contributed by atoms with Gasteiger partial charge < -0.3 is 19.9 Å². The van der Waals surface area contributed by atoms with Crippen LogP contribution in [0.3, 0.4) is 0 Å². The SMILES string of the molecule is Cc1cc(C(=O)COC(=O)CNC(=O)NCc2ccccc2)c(C)n1-c1ccccc1. The minimum atomic E-state index is -0.680.